The quantitative estimate of drug-likeness (QED) is 0.322. The predicted octanol–water partition coefficient (Wildman–Crippen LogP) is 6.56. The van der Waals surface area contributed by atoms with Gasteiger partial charge < -0.3 is 14.2 Å². The van der Waals surface area contributed by atoms with Gasteiger partial charge in [-0.1, -0.05) is 41.9 Å². The molecule has 8 heteroatoms. The lowest BCUT2D eigenvalue weighted by atomic mass is 10.1. The maximum absolute atomic E-state index is 13.1. The maximum Gasteiger partial charge on any atom is 0.266 e. The Morgan fingerprint density at radius 2 is 1.77 bits per heavy atom. The fourth-order valence-electron chi connectivity index (χ4n) is 3.48. The van der Waals surface area contributed by atoms with Crippen molar-refractivity contribution in [3.05, 3.63) is 87.8 Å². The van der Waals surface area contributed by atoms with E-state index in [4.69, 9.17) is 25.8 Å². The second kappa shape index (κ2) is 11.3. The van der Waals surface area contributed by atoms with Gasteiger partial charge in [-0.3, -0.25) is 9.69 Å². The standard InChI is InChI=1S/C27H25ClN2O4S/c1-4-30-26(31)24(35-27(30)29-20-10-12-21(32-2)13-11-20)16-19-14-22(28)25(23(15-19)33-3)34-17-18-8-6-5-7-9-18/h5-16H,4,17H2,1-3H3/b24-16+,29-27?. The Hall–Kier alpha value is -3.42. The zero-order valence-corrected chi connectivity index (χ0v) is 21.2. The Morgan fingerprint density at radius 3 is 2.43 bits per heavy atom. The number of amides is 1. The van der Waals surface area contributed by atoms with Crippen LogP contribution >= 0.6 is 23.4 Å². The van der Waals surface area contributed by atoms with Crippen LogP contribution in [0.2, 0.25) is 5.02 Å². The largest absolute Gasteiger partial charge is 0.497 e. The first-order valence-electron chi connectivity index (χ1n) is 11.0. The highest BCUT2D eigenvalue weighted by Crippen LogP contribution is 2.39. The molecule has 3 aromatic carbocycles. The molecule has 1 heterocycles. The van der Waals surface area contributed by atoms with Crippen LogP contribution in [0.4, 0.5) is 5.69 Å². The molecule has 1 fully saturated rings. The summed E-state index contributed by atoms with van der Waals surface area (Å²) in [6.45, 7) is 2.79. The maximum atomic E-state index is 13.1. The lowest BCUT2D eigenvalue weighted by Gasteiger charge is -2.13. The fourth-order valence-corrected chi connectivity index (χ4v) is 4.82. The van der Waals surface area contributed by atoms with E-state index in [1.54, 1.807) is 31.3 Å². The number of benzene rings is 3. The number of ether oxygens (including phenoxy) is 3. The van der Waals surface area contributed by atoms with Crippen LogP contribution in [-0.2, 0) is 11.4 Å². The zero-order valence-electron chi connectivity index (χ0n) is 19.7. The molecule has 0 aliphatic carbocycles. The molecule has 6 nitrogen and oxygen atoms in total. The summed E-state index contributed by atoms with van der Waals surface area (Å²) in [7, 11) is 3.18. The van der Waals surface area contributed by atoms with E-state index in [-0.39, 0.29) is 5.91 Å². The summed E-state index contributed by atoms with van der Waals surface area (Å²) in [6.07, 6.45) is 1.79. The molecule has 180 valence electrons. The average molecular weight is 509 g/mol. The van der Waals surface area contributed by atoms with Gasteiger partial charge in [0, 0.05) is 6.54 Å². The summed E-state index contributed by atoms with van der Waals surface area (Å²) < 4.78 is 16.7. The molecule has 0 N–H and O–H groups in total. The number of thioether (sulfide) groups is 1. The number of halogens is 1. The molecule has 0 bridgehead atoms. The smallest absolute Gasteiger partial charge is 0.266 e. The SMILES string of the molecule is CCN1C(=O)/C(=C\c2cc(Cl)c(OCc3ccccc3)c(OC)c2)SC1=Nc1ccc(OC)cc1. The Kier molecular flexibility index (Phi) is 8.00. The van der Waals surface area contributed by atoms with E-state index >= 15 is 0 Å². The van der Waals surface area contributed by atoms with Gasteiger partial charge in [-0.15, -0.1) is 0 Å². The van der Waals surface area contributed by atoms with Crippen molar-refractivity contribution in [1.29, 1.82) is 0 Å². The molecule has 35 heavy (non-hydrogen) atoms. The Morgan fingerprint density at radius 1 is 1.03 bits per heavy atom. The molecule has 0 spiro atoms. The molecular formula is C27H25ClN2O4S. The highest BCUT2D eigenvalue weighted by molar-refractivity contribution is 8.18. The summed E-state index contributed by atoms with van der Waals surface area (Å²) in [4.78, 5) is 19.9. The van der Waals surface area contributed by atoms with Crippen LogP contribution in [0, 0.1) is 0 Å². The van der Waals surface area contributed by atoms with Gasteiger partial charge in [0.25, 0.3) is 5.91 Å². The molecule has 1 saturated heterocycles. The molecule has 0 unspecified atom stereocenters. The average Bonchev–Trinajstić information content (AvgIpc) is 3.17. The van der Waals surface area contributed by atoms with Gasteiger partial charge >= 0.3 is 0 Å². The fraction of sp³-hybridized carbons (Fsp3) is 0.185. The van der Waals surface area contributed by atoms with Gasteiger partial charge in [-0.2, -0.15) is 0 Å². The van der Waals surface area contributed by atoms with Crippen molar-refractivity contribution in [2.24, 2.45) is 4.99 Å². The molecule has 0 radical (unpaired) electrons. The monoisotopic (exact) mass is 508 g/mol. The lowest BCUT2D eigenvalue weighted by molar-refractivity contribution is -0.122. The van der Waals surface area contributed by atoms with Gasteiger partial charge in [0.15, 0.2) is 16.7 Å². The topological polar surface area (TPSA) is 60.4 Å². The summed E-state index contributed by atoms with van der Waals surface area (Å²) >= 11 is 7.87. The Balaban J connectivity index is 1.58. The van der Waals surface area contributed by atoms with Crippen LogP contribution in [0.25, 0.3) is 6.08 Å². The van der Waals surface area contributed by atoms with Crippen LogP contribution in [0.5, 0.6) is 17.2 Å². The molecule has 4 rings (SSSR count). The third-order valence-electron chi connectivity index (χ3n) is 5.28. The first-order valence-corrected chi connectivity index (χ1v) is 12.2. The van der Waals surface area contributed by atoms with Crippen LogP contribution in [0.3, 0.4) is 0 Å². The summed E-state index contributed by atoms with van der Waals surface area (Å²) in [5.41, 5.74) is 2.50. The van der Waals surface area contributed by atoms with Crippen LogP contribution in [-0.4, -0.2) is 36.7 Å². The second-order valence-corrected chi connectivity index (χ2v) is 8.98. The molecule has 1 amide bonds. The van der Waals surface area contributed by atoms with Crippen molar-refractivity contribution in [3.8, 4) is 17.2 Å². The van der Waals surface area contributed by atoms with Crippen molar-refractivity contribution in [2.45, 2.75) is 13.5 Å². The van der Waals surface area contributed by atoms with Crippen molar-refractivity contribution in [2.75, 3.05) is 20.8 Å². The van der Waals surface area contributed by atoms with Crippen molar-refractivity contribution in [1.82, 2.24) is 4.90 Å². The number of amidine groups is 1. The summed E-state index contributed by atoms with van der Waals surface area (Å²) in [6, 6.07) is 20.8. The van der Waals surface area contributed by atoms with Crippen LogP contribution in [0.15, 0.2) is 76.6 Å². The van der Waals surface area contributed by atoms with E-state index in [1.807, 2.05) is 67.6 Å². The second-order valence-electron chi connectivity index (χ2n) is 7.56. The minimum atomic E-state index is -0.107. The minimum Gasteiger partial charge on any atom is -0.497 e. The number of hydrogen-bond acceptors (Lipinski definition) is 6. The zero-order chi connectivity index (χ0) is 24.8. The summed E-state index contributed by atoms with van der Waals surface area (Å²) in [5.74, 6) is 1.60. The highest BCUT2D eigenvalue weighted by Gasteiger charge is 2.32. The first kappa shape index (κ1) is 24.7. The third-order valence-corrected chi connectivity index (χ3v) is 6.56. The Labute approximate surface area is 214 Å². The predicted molar refractivity (Wildman–Crippen MR) is 142 cm³/mol. The van der Waals surface area contributed by atoms with Gasteiger partial charge in [0.05, 0.1) is 29.8 Å². The van der Waals surface area contributed by atoms with E-state index in [1.165, 1.54) is 11.8 Å². The lowest BCUT2D eigenvalue weighted by Crippen LogP contribution is -2.28. The van der Waals surface area contributed by atoms with E-state index in [0.717, 1.165) is 22.6 Å². The van der Waals surface area contributed by atoms with Crippen LogP contribution in [0.1, 0.15) is 18.1 Å². The molecule has 0 atom stereocenters. The van der Waals surface area contributed by atoms with Gasteiger partial charge in [-0.05, 0) is 72.3 Å². The first-order chi connectivity index (χ1) is 17.0. The molecule has 3 aromatic rings. The van der Waals surface area contributed by atoms with Crippen molar-refractivity contribution in [3.63, 3.8) is 0 Å². The number of likely N-dealkylation sites (N-methyl/N-ethyl adjacent to an activating group) is 1. The normalized spacial score (nSPS) is 15.7. The highest BCUT2D eigenvalue weighted by atomic mass is 35.5. The number of aliphatic imine (C=N–C) groups is 1. The van der Waals surface area contributed by atoms with Crippen LogP contribution < -0.4 is 14.2 Å². The number of hydrogen-bond donors (Lipinski definition) is 0. The number of carbonyl (C=O) groups is 1. The molecular weight excluding hydrogens is 484 g/mol. The van der Waals surface area contributed by atoms with Gasteiger partial charge in [0.1, 0.15) is 12.4 Å². The molecule has 1 aliphatic heterocycles. The minimum absolute atomic E-state index is 0.107. The number of methoxy groups -OCH3 is 2. The van der Waals surface area contributed by atoms with Gasteiger partial charge in [-0.25, -0.2) is 4.99 Å². The van der Waals surface area contributed by atoms with E-state index in [9.17, 15) is 4.79 Å². The molecule has 0 saturated carbocycles. The van der Waals surface area contributed by atoms with E-state index in [2.05, 4.69) is 4.99 Å². The van der Waals surface area contributed by atoms with Gasteiger partial charge in [0.2, 0.25) is 0 Å². The Bertz CT molecular complexity index is 1260. The summed E-state index contributed by atoms with van der Waals surface area (Å²) in [5, 5.41) is 1.02. The number of nitrogens with zero attached hydrogens (tertiary/aromatic N) is 2. The number of carbonyl (C=O) groups excluding carboxylic acids is 1. The van der Waals surface area contributed by atoms with E-state index in [0.29, 0.717) is 39.7 Å². The number of rotatable bonds is 8. The molecule has 1 aliphatic rings. The van der Waals surface area contributed by atoms with Crippen molar-refractivity contribution >= 4 is 46.2 Å². The van der Waals surface area contributed by atoms with E-state index < -0.39 is 0 Å². The third kappa shape index (κ3) is 5.81. The van der Waals surface area contributed by atoms with Crippen molar-refractivity contribution < 1.29 is 19.0 Å². The molecule has 0 aromatic heterocycles.